The Labute approximate surface area is 414 Å². The van der Waals surface area contributed by atoms with Gasteiger partial charge >= 0.3 is 0 Å². The summed E-state index contributed by atoms with van der Waals surface area (Å²) in [5.74, 6) is 0.956. The van der Waals surface area contributed by atoms with Crippen LogP contribution in [-0.2, 0) is 6.42 Å². The molecule has 344 valence electrons. The molecule has 0 heterocycles. The minimum absolute atomic E-state index is 0.449. The highest BCUT2D eigenvalue weighted by atomic mass is 15.2. The number of anilines is 6. The summed E-state index contributed by atoms with van der Waals surface area (Å²) in [5.41, 5.74) is 15.1. The highest BCUT2D eigenvalue weighted by Gasteiger charge is 2.30. The first-order chi connectivity index (χ1) is 34.7. The van der Waals surface area contributed by atoms with Crippen molar-refractivity contribution < 1.29 is 0 Å². The van der Waals surface area contributed by atoms with Gasteiger partial charge in [0.05, 0.1) is 22.7 Å². The molecule has 0 radical (unpaired) electrons. The largest absolute Gasteiger partial charge is 0.309 e. The monoisotopic (exact) mass is 906 g/mol. The fraction of sp³-hybridized carbons (Fsp3) is 0.206. The van der Waals surface area contributed by atoms with Gasteiger partial charge in [-0.2, -0.15) is 0 Å². The van der Waals surface area contributed by atoms with Crippen LogP contribution in [0.3, 0.4) is 0 Å². The van der Waals surface area contributed by atoms with Gasteiger partial charge in [0.25, 0.3) is 0 Å². The molecule has 2 saturated carbocycles. The number of hydrogen-bond donors (Lipinski definition) is 0. The van der Waals surface area contributed by atoms with Crippen LogP contribution in [0.1, 0.15) is 116 Å². The van der Waals surface area contributed by atoms with E-state index in [1.165, 1.54) is 158 Å². The molecule has 0 bridgehead atoms. The summed E-state index contributed by atoms with van der Waals surface area (Å²) in [6, 6.07) is 60.1. The van der Waals surface area contributed by atoms with Gasteiger partial charge in [-0.3, -0.25) is 0 Å². The Balaban J connectivity index is 1.18. The molecule has 0 saturated heterocycles. The minimum Gasteiger partial charge on any atom is -0.309 e. The van der Waals surface area contributed by atoms with Crippen LogP contribution >= 0.6 is 0 Å². The van der Waals surface area contributed by atoms with Gasteiger partial charge in [0.2, 0.25) is 0 Å². The second-order valence-electron chi connectivity index (χ2n) is 19.9. The summed E-state index contributed by atoms with van der Waals surface area (Å²) >= 11 is 0. The highest BCUT2D eigenvalue weighted by molar-refractivity contribution is 6.11. The molecule has 9 aromatic rings. The lowest BCUT2D eigenvalue weighted by Gasteiger charge is -2.33. The van der Waals surface area contributed by atoms with Crippen molar-refractivity contribution in [2.75, 3.05) is 9.80 Å². The number of benzene rings is 9. The molecule has 2 nitrogen and oxygen atoms in total. The topological polar surface area (TPSA) is 6.48 Å². The molecule has 12 rings (SSSR count). The minimum atomic E-state index is 0.449. The van der Waals surface area contributed by atoms with Crippen LogP contribution in [-0.4, -0.2) is 0 Å². The van der Waals surface area contributed by atoms with Gasteiger partial charge in [-0.05, 0) is 154 Å². The van der Waals surface area contributed by atoms with Gasteiger partial charge in [0.15, 0.2) is 0 Å². The zero-order valence-electron chi connectivity index (χ0n) is 40.6. The van der Waals surface area contributed by atoms with Crippen LogP contribution in [0.5, 0.6) is 0 Å². The van der Waals surface area contributed by atoms with Gasteiger partial charge in [-0.15, -0.1) is 0 Å². The van der Waals surface area contributed by atoms with Crippen LogP contribution in [0.2, 0.25) is 0 Å². The molecule has 0 unspecified atom stereocenters. The van der Waals surface area contributed by atoms with Crippen LogP contribution in [0.25, 0.3) is 61.3 Å². The number of allylic oxidation sites excluding steroid dienone is 4. The van der Waals surface area contributed by atoms with Crippen LogP contribution < -0.4 is 9.80 Å². The van der Waals surface area contributed by atoms with E-state index in [2.05, 4.69) is 217 Å². The third-order valence-corrected chi connectivity index (χ3v) is 15.9. The lowest BCUT2D eigenvalue weighted by Crippen LogP contribution is -2.15. The fourth-order valence-corrected chi connectivity index (χ4v) is 12.7. The summed E-state index contributed by atoms with van der Waals surface area (Å²) in [6.45, 7) is 6.53. The van der Waals surface area contributed by atoms with Crippen molar-refractivity contribution in [1.29, 1.82) is 0 Å². The molecule has 2 fully saturated rings. The Morgan fingerprint density at radius 3 is 1.59 bits per heavy atom. The summed E-state index contributed by atoms with van der Waals surface area (Å²) in [7, 11) is 0. The Morgan fingerprint density at radius 2 is 0.986 bits per heavy atom. The van der Waals surface area contributed by atoms with Crippen molar-refractivity contribution in [3.05, 3.63) is 222 Å². The maximum atomic E-state index is 4.43. The lowest BCUT2D eigenvalue weighted by molar-refractivity contribution is 0.445. The van der Waals surface area contributed by atoms with E-state index in [0.717, 1.165) is 17.7 Å². The van der Waals surface area contributed by atoms with Crippen molar-refractivity contribution in [3.8, 4) is 0 Å². The zero-order chi connectivity index (χ0) is 47.0. The Kier molecular flexibility index (Phi) is 12.0. The number of nitrogens with zero attached hydrogens (tertiary/aromatic N) is 2. The normalized spacial score (nSPS) is 15.5. The predicted molar refractivity (Wildman–Crippen MR) is 304 cm³/mol. The van der Waals surface area contributed by atoms with Crippen LogP contribution in [0, 0.1) is 0 Å². The lowest BCUT2D eigenvalue weighted by atomic mass is 9.74. The van der Waals surface area contributed by atoms with E-state index in [9.17, 15) is 0 Å². The number of fused-ring (bicyclic) bond motifs is 5. The second kappa shape index (κ2) is 19.2. The summed E-state index contributed by atoms with van der Waals surface area (Å²) in [5, 5.41) is 10.7. The van der Waals surface area contributed by atoms with Crippen molar-refractivity contribution in [1.82, 2.24) is 0 Å². The molecule has 0 atom stereocenters. The number of hydrogen-bond acceptors (Lipinski definition) is 2. The predicted octanol–water partition coefficient (Wildman–Crippen LogP) is 20.1. The van der Waals surface area contributed by atoms with Crippen molar-refractivity contribution in [2.45, 2.75) is 89.4 Å². The van der Waals surface area contributed by atoms with Crippen molar-refractivity contribution in [2.24, 2.45) is 0 Å². The standard InChI is InChI=1S/C68H62N2/c1-3-22-47-30-18-37-63(55(47)4-2)69(64-38-20-32-49-24-14-16-35-57(49)64)53-41-43-59-61(45-53)68(52-28-11-6-12-29-52)62-46-54(42-44-60(62)67(59)51-26-9-5-10-27-51)70(66-40-21-33-50-25-15-17-36-58(50)66)65-39-19-31-48-23-8-7-13-34-56(48)65/h3-4,7-8,13-22,24-25,30-46,51-52H,2,5-6,9-12,23,26-29H2,1H3/b22-3-. The van der Waals surface area contributed by atoms with E-state index >= 15 is 0 Å². The molecular weight excluding hydrogens is 845 g/mol. The molecule has 0 aliphatic heterocycles. The van der Waals surface area contributed by atoms with Crippen molar-refractivity contribution in [3.63, 3.8) is 0 Å². The molecule has 3 aliphatic carbocycles. The second-order valence-corrected chi connectivity index (χ2v) is 19.9. The molecule has 3 aliphatic rings. The smallest absolute Gasteiger partial charge is 0.0540 e. The average molecular weight is 907 g/mol. The van der Waals surface area contributed by atoms with Gasteiger partial charge in [-0.1, -0.05) is 197 Å². The molecule has 0 N–H and O–H groups in total. The molecule has 9 aromatic carbocycles. The third-order valence-electron chi connectivity index (χ3n) is 15.9. The first-order valence-electron chi connectivity index (χ1n) is 26.1. The van der Waals surface area contributed by atoms with E-state index in [1.54, 1.807) is 5.56 Å². The van der Waals surface area contributed by atoms with Gasteiger partial charge in [0, 0.05) is 33.3 Å². The summed E-state index contributed by atoms with van der Waals surface area (Å²) in [4.78, 5) is 5.11. The van der Waals surface area contributed by atoms with Crippen LogP contribution in [0.4, 0.5) is 34.1 Å². The summed E-state index contributed by atoms with van der Waals surface area (Å²) in [6.07, 6.45) is 28.9. The first-order valence-corrected chi connectivity index (χ1v) is 26.1. The van der Waals surface area contributed by atoms with E-state index in [4.69, 9.17) is 0 Å². The average Bonchev–Trinajstić information content (AvgIpc) is 3.68. The van der Waals surface area contributed by atoms with E-state index < -0.39 is 0 Å². The third kappa shape index (κ3) is 7.84. The first kappa shape index (κ1) is 43.8. The molecule has 0 aromatic heterocycles. The van der Waals surface area contributed by atoms with E-state index in [-0.39, 0.29) is 0 Å². The molecule has 2 heteroatoms. The SMILES string of the molecule is C=Cc1c(/C=C\C)cccc1N(c1ccc2c(C3CCCCC3)c3ccc(N(c4cccc5c4C=CC=CC5)c4cccc5ccccc45)cc3c(C3CCCCC3)c2c1)c1cccc2ccccc12. The van der Waals surface area contributed by atoms with Gasteiger partial charge in [0.1, 0.15) is 0 Å². The fourth-order valence-electron chi connectivity index (χ4n) is 12.7. The quantitative estimate of drug-likeness (QED) is 0.126. The summed E-state index contributed by atoms with van der Waals surface area (Å²) < 4.78 is 0. The van der Waals surface area contributed by atoms with Crippen LogP contribution in [0.15, 0.2) is 189 Å². The van der Waals surface area contributed by atoms with Gasteiger partial charge in [-0.25, -0.2) is 0 Å². The highest BCUT2D eigenvalue weighted by Crippen LogP contribution is 2.52. The number of rotatable bonds is 10. The molecule has 0 amide bonds. The zero-order valence-corrected chi connectivity index (χ0v) is 40.6. The maximum Gasteiger partial charge on any atom is 0.0540 e. The van der Waals surface area contributed by atoms with E-state index in [0.29, 0.717) is 11.8 Å². The Bertz CT molecular complexity index is 3530. The maximum absolute atomic E-state index is 4.43. The molecular formula is C68H62N2. The Hall–Kier alpha value is -7.42. The van der Waals surface area contributed by atoms with Gasteiger partial charge < -0.3 is 9.80 Å². The Morgan fingerprint density at radius 1 is 0.471 bits per heavy atom. The molecule has 0 spiro atoms. The molecule has 70 heavy (non-hydrogen) atoms. The van der Waals surface area contributed by atoms with Crippen molar-refractivity contribution >= 4 is 95.4 Å². The van der Waals surface area contributed by atoms with E-state index in [1.807, 2.05) is 6.08 Å².